The molecule has 3 atom stereocenters. The molecule has 0 bridgehead atoms. The lowest BCUT2D eigenvalue weighted by Gasteiger charge is -2.42. The third kappa shape index (κ3) is 7.45. The molecule has 29 heavy (non-hydrogen) atoms. The van der Waals surface area contributed by atoms with Crippen LogP contribution in [0.15, 0.2) is 36.5 Å². The Morgan fingerprint density at radius 3 is 2.31 bits per heavy atom. The van der Waals surface area contributed by atoms with E-state index in [1.165, 1.54) is 83.5 Å². The minimum absolute atomic E-state index is 0.420. The van der Waals surface area contributed by atoms with Crippen molar-refractivity contribution in [1.29, 1.82) is 0 Å². The van der Waals surface area contributed by atoms with E-state index in [0.717, 1.165) is 17.8 Å². The molecule has 0 spiro atoms. The number of rotatable bonds is 5. The number of fused-ring (bicyclic) bond motifs is 1. The lowest BCUT2D eigenvalue weighted by atomic mass is 9.63. The smallest absolute Gasteiger partial charge is 0.0143 e. The normalized spacial score (nSPS) is 32.1. The van der Waals surface area contributed by atoms with Crippen LogP contribution in [0.4, 0.5) is 0 Å². The fourth-order valence-corrected chi connectivity index (χ4v) is 6.18. The first-order chi connectivity index (χ1) is 13.8. The molecule has 3 unspecified atom stereocenters. The molecule has 0 aromatic rings. The number of hydrogen-bond acceptors (Lipinski definition) is 0. The van der Waals surface area contributed by atoms with Crippen LogP contribution in [0.3, 0.4) is 0 Å². The van der Waals surface area contributed by atoms with E-state index in [-0.39, 0.29) is 0 Å². The van der Waals surface area contributed by atoms with Gasteiger partial charge in [0.25, 0.3) is 0 Å². The molecule has 0 amide bonds. The molecule has 3 saturated carbocycles. The highest BCUT2D eigenvalue weighted by Gasteiger charge is 2.48. The van der Waals surface area contributed by atoms with Gasteiger partial charge >= 0.3 is 0 Å². The Morgan fingerprint density at radius 2 is 1.72 bits per heavy atom. The maximum Gasteiger partial charge on any atom is -0.0143 e. The van der Waals surface area contributed by atoms with Gasteiger partial charge in [0, 0.05) is 0 Å². The maximum atomic E-state index is 3.91. The average molecular weight is 399 g/mol. The first-order valence-corrected chi connectivity index (χ1v) is 12.8. The summed E-state index contributed by atoms with van der Waals surface area (Å²) in [5.41, 5.74) is 2.64. The third-order valence-electron chi connectivity index (χ3n) is 8.11. The molecule has 0 saturated heterocycles. The van der Waals surface area contributed by atoms with Crippen LogP contribution in [0.5, 0.6) is 0 Å². The summed E-state index contributed by atoms with van der Waals surface area (Å²) in [7, 11) is 0. The molecule has 0 heteroatoms. The highest BCUT2D eigenvalue weighted by atomic mass is 14.5. The SMILES string of the molecule is C=C/C=C1\CCCC2(C)C(C/C=C/CC(C)(C)C)CCC12.CCC1CCCCC1. The summed E-state index contributed by atoms with van der Waals surface area (Å²) in [6, 6.07) is 0. The predicted octanol–water partition coefficient (Wildman–Crippen LogP) is 9.67. The molecule has 3 aliphatic rings. The summed E-state index contributed by atoms with van der Waals surface area (Å²) in [4.78, 5) is 0. The molecule has 0 radical (unpaired) electrons. The molecule has 0 nitrogen and oxygen atoms in total. The molecular formula is C29H50. The van der Waals surface area contributed by atoms with Crippen molar-refractivity contribution in [3.05, 3.63) is 36.5 Å². The van der Waals surface area contributed by atoms with Crippen LogP contribution in [-0.2, 0) is 0 Å². The molecular weight excluding hydrogens is 348 g/mol. The summed E-state index contributed by atoms with van der Waals surface area (Å²) in [6.07, 6.45) is 27.5. The summed E-state index contributed by atoms with van der Waals surface area (Å²) in [5, 5.41) is 0. The molecule has 3 fully saturated rings. The molecule has 3 aliphatic carbocycles. The van der Waals surface area contributed by atoms with Gasteiger partial charge in [0.05, 0.1) is 0 Å². The second-order valence-electron chi connectivity index (χ2n) is 11.5. The molecule has 0 N–H and O–H groups in total. The summed E-state index contributed by atoms with van der Waals surface area (Å²) >= 11 is 0. The van der Waals surface area contributed by atoms with Crippen LogP contribution >= 0.6 is 0 Å². The second kappa shape index (κ2) is 11.6. The Hall–Kier alpha value is -0.780. The fraction of sp³-hybridized carbons (Fsp3) is 0.793. The summed E-state index contributed by atoms with van der Waals surface area (Å²) in [6.45, 7) is 15.7. The van der Waals surface area contributed by atoms with Crippen molar-refractivity contribution in [3.8, 4) is 0 Å². The zero-order chi connectivity index (χ0) is 21.3. The quantitative estimate of drug-likeness (QED) is 0.404. The average Bonchev–Trinajstić information content (AvgIpc) is 3.03. The van der Waals surface area contributed by atoms with Gasteiger partial charge in [-0.05, 0) is 73.5 Å². The Balaban J connectivity index is 0.000000313. The van der Waals surface area contributed by atoms with E-state index in [9.17, 15) is 0 Å². The van der Waals surface area contributed by atoms with Crippen LogP contribution < -0.4 is 0 Å². The van der Waals surface area contributed by atoms with Crippen molar-refractivity contribution < 1.29 is 0 Å². The van der Waals surface area contributed by atoms with E-state index >= 15 is 0 Å². The third-order valence-corrected chi connectivity index (χ3v) is 8.11. The van der Waals surface area contributed by atoms with E-state index in [1.807, 2.05) is 6.08 Å². The highest BCUT2D eigenvalue weighted by molar-refractivity contribution is 5.22. The van der Waals surface area contributed by atoms with E-state index in [0.29, 0.717) is 10.8 Å². The van der Waals surface area contributed by atoms with Gasteiger partial charge < -0.3 is 0 Å². The van der Waals surface area contributed by atoms with Crippen molar-refractivity contribution in [2.45, 2.75) is 118 Å². The highest BCUT2D eigenvalue weighted by Crippen LogP contribution is 2.58. The molecule has 0 heterocycles. The minimum Gasteiger partial charge on any atom is -0.0991 e. The van der Waals surface area contributed by atoms with E-state index in [4.69, 9.17) is 0 Å². The number of allylic oxidation sites excluding steroid dienone is 5. The zero-order valence-corrected chi connectivity index (χ0v) is 20.4. The predicted molar refractivity (Wildman–Crippen MR) is 131 cm³/mol. The van der Waals surface area contributed by atoms with Gasteiger partial charge in [0.15, 0.2) is 0 Å². The van der Waals surface area contributed by atoms with Crippen LogP contribution in [0.25, 0.3) is 0 Å². The minimum atomic E-state index is 0.420. The fourth-order valence-electron chi connectivity index (χ4n) is 6.18. The zero-order valence-electron chi connectivity index (χ0n) is 20.4. The first-order valence-electron chi connectivity index (χ1n) is 12.8. The Bertz CT molecular complexity index is 537. The molecule has 166 valence electrons. The van der Waals surface area contributed by atoms with Crippen LogP contribution in [0.2, 0.25) is 0 Å². The lowest BCUT2D eigenvalue weighted by molar-refractivity contribution is 0.137. The second-order valence-corrected chi connectivity index (χ2v) is 11.5. The van der Waals surface area contributed by atoms with Gasteiger partial charge in [-0.15, -0.1) is 0 Å². The van der Waals surface area contributed by atoms with Gasteiger partial charge in [0.1, 0.15) is 0 Å². The van der Waals surface area contributed by atoms with Crippen molar-refractivity contribution >= 4 is 0 Å². The Morgan fingerprint density at radius 1 is 1.00 bits per heavy atom. The van der Waals surface area contributed by atoms with Gasteiger partial charge in [-0.1, -0.05) is 110 Å². The van der Waals surface area contributed by atoms with Gasteiger partial charge in [-0.2, -0.15) is 0 Å². The molecule has 0 aromatic carbocycles. The number of hydrogen-bond donors (Lipinski definition) is 0. The van der Waals surface area contributed by atoms with E-state index < -0.39 is 0 Å². The summed E-state index contributed by atoms with van der Waals surface area (Å²) < 4.78 is 0. The summed E-state index contributed by atoms with van der Waals surface area (Å²) in [5.74, 6) is 2.79. The topological polar surface area (TPSA) is 0 Å². The Kier molecular flexibility index (Phi) is 9.77. The van der Waals surface area contributed by atoms with E-state index in [2.05, 4.69) is 59.4 Å². The van der Waals surface area contributed by atoms with Gasteiger partial charge in [-0.25, -0.2) is 0 Å². The maximum absolute atomic E-state index is 3.91. The van der Waals surface area contributed by atoms with Crippen molar-refractivity contribution in [2.75, 3.05) is 0 Å². The van der Waals surface area contributed by atoms with Crippen LogP contribution in [-0.4, -0.2) is 0 Å². The van der Waals surface area contributed by atoms with Crippen LogP contribution in [0, 0.1) is 28.6 Å². The largest absolute Gasteiger partial charge is 0.0991 e. The standard InChI is InChI=1S/C21H34.C8H16/c1-6-10-17-11-9-16-21(5)18(13-14-19(17)21)12-7-8-15-20(2,3)4;1-2-8-6-4-3-5-7-8/h6-8,10,18-19H,1,9,11-16H2,2-5H3;8H,2-7H2,1H3/b8-7+,17-10+;. The molecule has 0 aromatic heterocycles. The first kappa shape index (κ1) is 24.5. The van der Waals surface area contributed by atoms with Gasteiger partial charge in [0.2, 0.25) is 0 Å². The molecule has 0 aliphatic heterocycles. The lowest BCUT2D eigenvalue weighted by Crippen LogP contribution is -2.33. The van der Waals surface area contributed by atoms with Gasteiger partial charge in [-0.3, -0.25) is 0 Å². The Labute approximate surface area is 183 Å². The monoisotopic (exact) mass is 398 g/mol. The molecule has 3 rings (SSSR count). The van der Waals surface area contributed by atoms with E-state index in [1.54, 1.807) is 5.57 Å². The van der Waals surface area contributed by atoms with Crippen molar-refractivity contribution in [3.63, 3.8) is 0 Å². The van der Waals surface area contributed by atoms with Crippen molar-refractivity contribution in [2.24, 2.45) is 28.6 Å². The van der Waals surface area contributed by atoms with Crippen LogP contribution in [0.1, 0.15) is 118 Å². The van der Waals surface area contributed by atoms with Crippen molar-refractivity contribution in [1.82, 2.24) is 0 Å².